The van der Waals surface area contributed by atoms with E-state index in [-0.39, 0.29) is 30.9 Å². The van der Waals surface area contributed by atoms with Gasteiger partial charge in [0.15, 0.2) is 0 Å². The van der Waals surface area contributed by atoms with Crippen LogP contribution in [0.1, 0.15) is 18.5 Å². The Labute approximate surface area is 179 Å². The molecule has 0 aromatic heterocycles. The molecule has 1 unspecified atom stereocenters. The molecule has 28 heavy (non-hydrogen) atoms. The van der Waals surface area contributed by atoms with Gasteiger partial charge in [-0.3, -0.25) is 14.5 Å². The van der Waals surface area contributed by atoms with E-state index >= 15 is 0 Å². The van der Waals surface area contributed by atoms with E-state index in [2.05, 4.69) is 10.6 Å². The zero-order chi connectivity index (χ0) is 20.7. The second-order valence-electron chi connectivity index (χ2n) is 6.38. The Morgan fingerprint density at radius 3 is 2.46 bits per heavy atom. The van der Waals surface area contributed by atoms with Gasteiger partial charge in [-0.05, 0) is 50.1 Å². The zero-order valence-electron chi connectivity index (χ0n) is 16.0. The second-order valence-corrected chi connectivity index (χ2v) is 8.07. The molecule has 0 spiro atoms. The van der Waals surface area contributed by atoms with Gasteiger partial charge in [0.1, 0.15) is 0 Å². The van der Waals surface area contributed by atoms with E-state index in [4.69, 9.17) is 23.2 Å². The van der Waals surface area contributed by atoms with Gasteiger partial charge in [0.2, 0.25) is 11.8 Å². The predicted molar refractivity (Wildman–Crippen MR) is 117 cm³/mol. The lowest BCUT2D eigenvalue weighted by Crippen LogP contribution is -2.39. The van der Waals surface area contributed by atoms with Crippen LogP contribution in [-0.4, -0.2) is 43.1 Å². The molecule has 0 aliphatic rings. The number of thioether (sulfide) groups is 1. The molecule has 0 radical (unpaired) electrons. The first-order valence-electron chi connectivity index (χ1n) is 8.66. The lowest BCUT2D eigenvalue weighted by atomic mass is 10.1. The molecule has 0 aliphatic carbocycles. The molecule has 5 nitrogen and oxygen atoms in total. The van der Waals surface area contributed by atoms with Gasteiger partial charge in [0.05, 0.1) is 24.8 Å². The maximum Gasteiger partial charge on any atom is 0.238 e. The molecule has 0 saturated carbocycles. The highest BCUT2D eigenvalue weighted by atomic mass is 35.5. The van der Waals surface area contributed by atoms with Gasteiger partial charge >= 0.3 is 0 Å². The number of nitrogens with zero attached hydrogens (tertiary/aromatic N) is 1. The molecule has 2 N–H and O–H groups in total. The van der Waals surface area contributed by atoms with E-state index in [1.807, 2.05) is 37.4 Å². The molecule has 1 atom stereocenters. The van der Waals surface area contributed by atoms with Crippen molar-refractivity contribution in [2.45, 2.75) is 17.9 Å². The van der Waals surface area contributed by atoms with Crippen molar-refractivity contribution in [2.75, 3.05) is 31.7 Å². The average Bonchev–Trinajstić information content (AvgIpc) is 2.61. The minimum absolute atomic E-state index is 0.0904. The summed E-state index contributed by atoms with van der Waals surface area (Å²) in [6.07, 6.45) is 1.95. The third-order valence-corrected chi connectivity index (χ3v) is 5.37. The molecule has 2 aromatic carbocycles. The Kier molecular flexibility index (Phi) is 8.63. The van der Waals surface area contributed by atoms with Gasteiger partial charge in [0.25, 0.3) is 0 Å². The van der Waals surface area contributed by atoms with Crippen molar-refractivity contribution in [3.8, 4) is 0 Å². The number of amides is 2. The Morgan fingerprint density at radius 1 is 1.11 bits per heavy atom. The first kappa shape index (κ1) is 22.6. The van der Waals surface area contributed by atoms with Crippen molar-refractivity contribution in [2.24, 2.45) is 0 Å². The number of para-hydroxylation sites is 1. The van der Waals surface area contributed by atoms with E-state index in [0.29, 0.717) is 10.0 Å². The number of rotatable bonds is 8. The minimum Gasteiger partial charge on any atom is -0.348 e. The number of hydrogen-bond acceptors (Lipinski definition) is 4. The molecular formula is C20H23Cl2N3O2S. The molecule has 0 saturated heterocycles. The summed E-state index contributed by atoms with van der Waals surface area (Å²) in [5.74, 6) is -0.371. The van der Waals surface area contributed by atoms with E-state index in [0.717, 1.165) is 16.1 Å². The number of halogens is 2. The Morgan fingerprint density at radius 2 is 1.79 bits per heavy atom. The molecule has 8 heteroatoms. The Bertz CT molecular complexity index is 848. The fraction of sp³-hybridized carbons (Fsp3) is 0.300. The summed E-state index contributed by atoms with van der Waals surface area (Å²) in [6, 6.07) is 12.5. The SMILES string of the molecule is CSc1ccccc1NC(=O)CN(C)CC(=O)NC(C)c1ccc(Cl)cc1Cl. The summed E-state index contributed by atoms with van der Waals surface area (Å²) in [5, 5.41) is 6.81. The van der Waals surface area contributed by atoms with Crippen LogP contribution in [-0.2, 0) is 9.59 Å². The minimum atomic E-state index is -0.270. The number of hydrogen-bond donors (Lipinski definition) is 2. The lowest BCUT2D eigenvalue weighted by Gasteiger charge is -2.20. The van der Waals surface area contributed by atoms with Crippen molar-refractivity contribution in [3.05, 3.63) is 58.1 Å². The third-order valence-electron chi connectivity index (χ3n) is 4.01. The van der Waals surface area contributed by atoms with Crippen LogP contribution < -0.4 is 10.6 Å². The van der Waals surface area contributed by atoms with E-state index in [1.165, 1.54) is 0 Å². The highest BCUT2D eigenvalue weighted by Gasteiger charge is 2.16. The fourth-order valence-corrected chi connectivity index (χ4v) is 3.83. The lowest BCUT2D eigenvalue weighted by molar-refractivity contribution is -0.123. The van der Waals surface area contributed by atoms with Crippen LogP contribution in [0.2, 0.25) is 10.0 Å². The summed E-state index contributed by atoms with van der Waals surface area (Å²) in [4.78, 5) is 27.2. The van der Waals surface area contributed by atoms with Crippen LogP contribution in [0.25, 0.3) is 0 Å². The van der Waals surface area contributed by atoms with Gasteiger partial charge in [-0.1, -0.05) is 41.4 Å². The van der Waals surface area contributed by atoms with E-state index < -0.39 is 0 Å². The van der Waals surface area contributed by atoms with Gasteiger partial charge in [0, 0.05) is 14.9 Å². The van der Waals surface area contributed by atoms with Crippen molar-refractivity contribution in [1.82, 2.24) is 10.2 Å². The van der Waals surface area contributed by atoms with Crippen molar-refractivity contribution >= 4 is 52.5 Å². The molecule has 150 valence electrons. The summed E-state index contributed by atoms with van der Waals surface area (Å²) in [6.45, 7) is 2.04. The number of carbonyl (C=O) groups is 2. The maximum absolute atomic E-state index is 12.3. The van der Waals surface area contributed by atoms with Crippen LogP contribution in [0.4, 0.5) is 5.69 Å². The number of benzene rings is 2. The van der Waals surface area contributed by atoms with Crippen molar-refractivity contribution in [1.29, 1.82) is 0 Å². The summed E-state index contributed by atoms with van der Waals surface area (Å²) < 4.78 is 0. The Hall–Kier alpha value is -1.73. The Balaban J connectivity index is 1.85. The third kappa shape index (κ3) is 6.71. The van der Waals surface area contributed by atoms with Crippen LogP contribution in [0.3, 0.4) is 0 Å². The van der Waals surface area contributed by atoms with Crippen LogP contribution >= 0.6 is 35.0 Å². The number of likely N-dealkylation sites (N-methyl/N-ethyl adjacent to an activating group) is 1. The normalized spacial score (nSPS) is 11.9. The van der Waals surface area contributed by atoms with E-state index in [9.17, 15) is 9.59 Å². The smallest absolute Gasteiger partial charge is 0.238 e. The van der Waals surface area contributed by atoms with Gasteiger partial charge in [-0.2, -0.15) is 0 Å². The van der Waals surface area contributed by atoms with E-state index in [1.54, 1.807) is 41.9 Å². The zero-order valence-corrected chi connectivity index (χ0v) is 18.3. The molecular weight excluding hydrogens is 417 g/mol. The standard InChI is InChI=1S/C20H23Cl2N3O2S/c1-13(15-9-8-14(21)10-16(15)22)23-19(26)11-25(2)12-20(27)24-17-6-4-5-7-18(17)28-3/h4-10,13H,11-12H2,1-3H3,(H,23,26)(H,24,27). The highest BCUT2D eigenvalue weighted by Crippen LogP contribution is 2.26. The first-order chi connectivity index (χ1) is 13.3. The first-order valence-corrected chi connectivity index (χ1v) is 10.6. The molecule has 2 amide bonds. The highest BCUT2D eigenvalue weighted by molar-refractivity contribution is 7.98. The van der Waals surface area contributed by atoms with Gasteiger partial charge < -0.3 is 10.6 Å². The number of nitrogens with one attached hydrogen (secondary N) is 2. The van der Waals surface area contributed by atoms with Gasteiger partial charge in [-0.15, -0.1) is 11.8 Å². The topological polar surface area (TPSA) is 61.4 Å². The van der Waals surface area contributed by atoms with Crippen LogP contribution in [0.5, 0.6) is 0 Å². The summed E-state index contributed by atoms with van der Waals surface area (Å²) >= 11 is 13.6. The largest absolute Gasteiger partial charge is 0.348 e. The summed E-state index contributed by atoms with van der Waals surface area (Å²) in [7, 11) is 1.72. The number of anilines is 1. The molecule has 0 fully saturated rings. The quantitative estimate of drug-likeness (QED) is 0.595. The van der Waals surface area contributed by atoms with Crippen LogP contribution in [0.15, 0.2) is 47.4 Å². The predicted octanol–water partition coefficient (Wildman–Crippen LogP) is 4.46. The molecule has 2 rings (SSSR count). The molecule has 0 aliphatic heterocycles. The summed E-state index contributed by atoms with van der Waals surface area (Å²) in [5.41, 5.74) is 1.55. The van der Waals surface area contributed by atoms with Crippen molar-refractivity contribution in [3.63, 3.8) is 0 Å². The molecule has 0 heterocycles. The fourth-order valence-electron chi connectivity index (χ4n) is 2.70. The molecule has 0 bridgehead atoms. The van der Waals surface area contributed by atoms with Crippen LogP contribution in [0, 0.1) is 0 Å². The van der Waals surface area contributed by atoms with Crippen molar-refractivity contribution < 1.29 is 9.59 Å². The maximum atomic E-state index is 12.3. The average molecular weight is 440 g/mol. The second kappa shape index (κ2) is 10.7. The van der Waals surface area contributed by atoms with Gasteiger partial charge in [-0.25, -0.2) is 0 Å². The monoisotopic (exact) mass is 439 g/mol. The molecule has 2 aromatic rings. The number of carbonyl (C=O) groups excluding carboxylic acids is 2.